The van der Waals surface area contributed by atoms with Crippen LogP contribution in [0.5, 0.6) is 0 Å². The highest BCUT2D eigenvalue weighted by atomic mass is 16.1. The first kappa shape index (κ1) is 8.39. The molecule has 0 aliphatic heterocycles. The van der Waals surface area contributed by atoms with Crippen LogP contribution in [0.25, 0.3) is 0 Å². The van der Waals surface area contributed by atoms with E-state index in [9.17, 15) is 9.59 Å². The minimum absolute atomic E-state index is 0.352. The van der Waals surface area contributed by atoms with Crippen molar-refractivity contribution in [2.75, 3.05) is 0 Å². The van der Waals surface area contributed by atoms with Gasteiger partial charge in [0.25, 0.3) is 0 Å². The predicted molar refractivity (Wildman–Crippen MR) is 42.5 cm³/mol. The van der Waals surface area contributed by atoms with Crippen molar-refractivity contribution in [3.8, 4) is 0 Å². The molecule has 1 amide bonds. The molecule has 0 saturated heterocycles. The van der Waals surface area contributed by atoms with E-state index < -0.39 is 0 Å². The summed E-state index contributed by atoms with van der Waals surface area (Å²) in [5.41, 5.74) is 1.05. The SMILES string of the molecule is O=CNCc1cccc(C=O)n1. The Morgan fingerprint density at radius 1 is 1.42 bits per heavy atom. The third-order valence-corrected chi connectivity index (χ3v) is 1.32. The van der Waals surface area contributed by atoms with Crippen molar-refractivity contribution in [1.29, 1.82) is 0 Å². The number of amides is 1. The number of aldehydes is 1. The van der Waals surface area contributed by atoms with E-state index in [2.05, 4.69) is 10.3 Å². The highest BCUT2D eigenvalue weighted by Gasteiger charge is 1.94. The maximum atomic E-state index is 10.3. The van der Waals surface area contributed by atoms with Crippen molar-refractivity contribution in [3.63, 3.8) is 0 Å². The zero-order valence-corrected chi connectivity index (χ0v) is 6.36. The summed E-state index contributed by atoms with van der Waals surface area (Å²) in [5, 5.41) is 2.46. The second-order valence-electron chi connectivity index (χ2n) is 2.17. The summed E-state index contributed by atoms with van der Waals surface area (Å²) in [6, 6.07) is 5.07. The Labute approximate surface area is 69.6 Å². The average Bonchev–Trinajstić information content (AvgIpc) is 2.15. The maximum absolute atomic E-state index is 10.3. The number of hydrogen-bond acceptors (Lipinski definition) is 3. The summed E-state index contributed by atoms with van der Waals surface area (Å²) in [5.74, 6) is 0. The third-order valence-electron chi connectivity index (χ3n) is 1.32. The van der Waals surface area contributed by atoms with Crippen LogP contribution < -0.4 is 5.32 Å². The van der Waals surface area contributed by atoms with Crippen molar-refractivity contribution >= 4 is 12.7 Å². The van der Waals surface area contributed by atoms with Gasteiger partial charge in [-0.05, 0) is 12.1 Å². The zero-order valence-electron chi connectivity index (χ0n) is 6.36. The molecule has 0 saturated carbocycles. The molecule has 0 aromatic carbocycles. The Balaban J connectivity index is 2.72. The minimum atomic E-state index is 0.352. The molecule has 4 nitrogen and oxygen atoms in total. The molecule has 1 rings (SSSR count). The number of hydrogen-bond donors (Lipinski definition) is 1. The Bertz CT molecular complexity index is 286. The van der Waals surface area contributed by atoms with Crippen LogP contribution in [0.2, 0.25) is 0 Å². The lowest BCUT2D eigenvalue weighted by molar-refractivity contribution is -0.109. The number of carbonyl (C=O) groups excluding carboxylic acids is 2. The normalized spacial score (nSPS) is 9.00. The molecule has 0 unspecified atom stereocenters. The molecule has 1 heterocycles. The fourth-order valence-corrected chi connectivity index (χ4v) is 0.808. The van der Waals surface area contributed by atoms with Crippen molar-refractivity contribution in [3.05, 3.63) is 29.6 Å². The predicted octanol–water partition coefficient (Wildman–Crippen LogP) is 0.140. The molecular formula is C8H8N2O2. The van der Waals surface area contributed by atoms with Crippen molar-refractivity contribution in [2.45, 2.75) is 6.54 Å². The van der Waals surface area contributed by atoms with Gasteiger partial charge in [0.1, 0.15) is 5.69 Å². The molecule has 1 aromatic heterocycles. The number of rotatable bonds is 4. The lowest BCUT2D eigenvalue weighted by atomic mass is 10.3. The van der Waals surface area contributed by atoms with Crippen LogP contribution in [0.1, 0.15) is 16.2 Å². The van der Waals surface area contributed by atoms with E-state index in [1.54, 1.807) is 18.2 Å². The molecule has 62 valence electrons. The molecule has 0 fully saturated rings. The van der Waals surface area contributed by atoms with Gasteiger partial charge in [0.15, 0.2) is 6.29 Å². The van der Waals surface area contributed by atoms with E-state index in [-0.39, 0.29) is 0 Å². The summed E-state index contributed by atoms with van der Waals surface area (Å²) >= 11 is 0. The first-order valence-electron chi connectivity index (χ1n) is 3.45. The lowest BCUT2D eigenvalue weighted by Gasteiger charge is -1.98. The second-order valence-corrected chi connectivity index (χ2v) is 2.17. The monoisotopic (exact) mass is 164 g/mol. The molecule has 0 bridgehead atoms. The molecule has 0 spiro atoms. The van der Waals surface area contributed by atoms with Gasteiger partial charge in [-0.1, -0.05) is 6.07 Å². The largest absolute Gasteiger partial charge is 0.353 e. The van der Waals surface area contributed by atoms with Gasteiger partial charge < -0.3 is 5.32 Å². The highest BCUT2D eigenvalue weighted by Crippen LogP contribution is 1.95. The molecule has 12 heavy (non-hydrogen) atoms. The lowest BCUT2D eigenvalue weighted by Crippen LogP contribution is -2.11. The molecule has 1 aromatic rings. The van der Waals surface area contributed by atoms with Crippen LogP contribution in [0.3, 0.4) is 0 Å². The van der Waals surface area contributed by atoms with E-state index in [0.717, 1.165) is 0 Å². The summed E-state index contributed by atoms with van der Waals surface area (Å²) in [6.07, 6.45) is 1.26. The smallest absolute Gasteiger partial charge is 0.207 e. The highest BCUT2D eigenvalue weighted by molar-refractivity contribution is 5.71. The Morgan fingerprint density at radius 3 is 2.92 bits per heavy atom. The summed E-state index contributed by atoms with van der Waals surface area (Å²) in [6.45, 7) is 0.352. The third kappa shape index (κ3) is 2.16. The number of nitrogens with zero attached hydrogens (tertiary/aromatic N) is 1. The van der Waals surface area contributed by atoms with Crippen LogP contribution in [0.15, 0.2) is 18.2 Å². The fraction of sp³-hybridized carbons (Fsp3) is 0.125. The van der Waals surface area contributed by atoms with Gasteiger partial charge in [0.05, 0.1) is 12.2 Å². The van der Waals surface area contributed by atoms with E-state index in [1.165, 1.54) is 0 Å². The second kappa shape index (κ2) is 4.23. The first-order chi connectivity index (χ1) is 5.86. The van der Waals surface area contributed by atoms with Gasteiger partial charge in [0, 0.05) is 0 Å². The summed E-state index contributed by atoms with van der Waals surface area (Å²) in [7, 11) is 0. The fourth-order valence-electron chi connectivity index (χ4n) is 0.808. The molecule has 0 radical (unpaired) electrons. The average molecular weight is 164 g/mol. The quantitative estimate of drug-likeness (QED) is 0.644. The van der Waals surface area contributed by atoms with E-state index in [4.69, 9.17) is 0 Å². The number of nitrogens with one attached hydrogen (secondary N) is 1. The molecule has 0 atom stereocenters. The molecular weight excluding hydrogens is 156 g/mol. The van der Waals surface area contributed by atoms with Gasteiger partial charge in [-0.3, -0.25) is 9.59 Å². The topological polar surface area (TPSA) is 59.1 Å². The maximum Gasteiger partial charge on any atom is 0.207 e. The molecule has 0 aliphatic rings. The van der Waals surface area contributed by atoms with E-state index in [0.29, 0.717) is 30.6 Å². The number of pyridine rings is 1. The Morgan fingerprint density at radius 2 is 2.25 bits per heavy atom. The van der Waals surface area contributed by atoms with Crippen molar-refractivity contribution < 1.29 is 9.59 Å². The van der Waals surface area contributed by atoms with Gasteiger partial charge in [-0.2, -0.15) is 0 Å². The molecule has 1 N–H and O–H groups in total. The standard InChI is InChI=1S/C8H8N2O2/c11-5-8-3-1-2-7(10-8)4-9-6-12/h1-3,5-6H,4H2,(H,9,12). The molecule has 0 aliphatic carbocycles. The number of carbonyl (C=O) groups is 2. The summed E-state index contributed by atoms with van der Waals surface area (Å²) < 4.78 is 0. The minimum Gasteiger partial charge on any atom is -0.353 e. The van der Waals surface area contributed by atoms with Crippen LogP contribution in [-0.2, 0) is 11.3 Å². The van der Waals surface area contributed by atoms with E-state index >= 15 is 0 Å². The first-order valence-corrected chi connectivity index (χ1v) is 3.45. The van der Waals surface area contributed by atoms with Crippen molar-refractivity contribution in [1.82, 2.24) is 10.3 Å². The van der Waals surface area contributed by atoms with Gasteiger partial charge in [-0.25, -0.2) is 4.98 Å². The van der Waals surface area contributed by atoms with Gasteiger partial charge in [-0.15, -0.1) is 0 Å². The van der Waals surface area contributed by atoms with Crippen LogP contribution in [-0.4, -0.2) is 17.7 Å². The van der Waals surface area contributed by atoms with Crippen molar-refractivity contribution in [2.24, 2.45) is 0 Å². The van der Waals surface area contributed by atoms with Crippen LogP contribution in [0.4, 0.5) is 0 Å². The Hall–Kier alpha value is -1.71. The van der Waals surface area contributed by atoms with Crippen LogP contribution in [0, 0.1) is 0 Å². The van der Waals surface area contributed by atoms with Gasteiger partial charge in [0.2, 0.25) is 6.41 Å². The zero-order chi connectivity index (χ0) is 8.81. The molecule has 4 heteroatoms. The van der Waals surface area contributed by atoms with Gasteiger partial charge >= 0.3 is 0 Å². The summed E-state index contributed by atoms with van der Waals surface area (Å²) in [4.78, 5) is 24.1. The van der Waals surface area contributed by atoms with Crippen LogP contribution >= 0.6 is 0 Å². The number of aromatic nitrogens is 1. The Kier molecular flexibility index (Phi) is 2.95. The van der Waals surface area contributed by atoms with E-state index in [1.807, 2.05) is 0 Å².